The summed E-state index contributed by atoms with van der Waals surface area (Å²) < 4.78 is 7.84. The Balaban J connectivity index is 2.13. The van der Waals surface area contributed by atoms with E-state index in [1.54, 1.807) is 24.7 Å². The Morgan fingerprint density at radius 3 is 2.81 bits per heavy atom. The van der Waals surface area contributed by atoms with Gasteiger partial charge in [0.05, 0.1) is 28.8 Å². The first-order chi connectivity index (χ1) is 12.9. The van der Waals surface area contributed by atoms with Crippen LogP contribution in [0.15, 0.2) is 41.4 Å². The van der Waals surface area contributed by atoms with E-state index in [0.29, 0.717) is 16.1 Å². The molecule has 1 aromatic heterocycles. The summed E-state index contributed by atoms with van der Waals surface area (Å²) in [6.45, 7) is 1.86. The van der Waals surface area contributed by atoms with Crippen LogP contribution in [0, 0.1) is 29.4 Å². The van der Waals surface area contributed by atoms with Crippen LogP contribution in [0.5, 0.6) is 5.75 Å². The number of nitro benzene ring substituents is 1. The molecule has 3 aromatic rings. The highest BCUT2D eigenvalue weighted by Gasteiger charge is 2.15. The topological polar surface area (TPSA) is 86.7 Å². The molecule has 0 bridgehead atoms. The van der Waals surface area contributed by atoms with Crippen LogP contribution in [0.1, 0.15) is 15.9 Å². The Kier molecular flexibility index (Phi) is 5.05. The molecule has 136 valence electrons. The smallest absolute Gasteiger partial charge is 0.279 e. The van der Waals surface area contributed by atoms with Gasteiger partial charge in [-0.2, -0.15) is 4.99 Å². The van der Waals surface area contributed by atoms with Crippen molar-refractivity contribution in [3.05, 3.63) is 62.4 Å². The first-order valence-electron chi connectivity index (χ1n) is 7.89. The number of rotatable bonds is 4. The molecule has 0 N–H and O–H groups in total. The van der Waals surface area contributed by atoms with Crippen LogP contribution in [-0.2, 0) is 6.54 Å². The normalized spacial score (nSPS) is 11.4. The van der Waals surface area contributed by atoms with Crippen molar-refractivity contribution in [2.45, 2.75) is 13.5 Å². The maximum Gasteiger partial charge on any atom is 0.279 e. The third kappa shape index (κ3) is 3.59. The molecule has 3 rings (SSSR count). The minimum absolute atomic E-state index is 0.117. The lowest BCUT2D eigenvalue weighted by molar-refractivity contribution is -0.385. The largest absolute Gasteiger partial charge is 0.497 e. The number of thiazole rings is 1. The molecule has 7 nitrogen and oxygen atoms in total. The first-order valence-corrected chi connectivity index (χ1v) is 8.71. The molecular weight excluding hydrogens is 366 g/mol. The molecule has 0 radical (unpaired) electrons. The van der Waals surface area contributed by atoms with Gasteiger partial charge >= 0.3 is 0 Å². The lowest BCUT2D eigenvalue weighted by atomic mass is 10.1. The highest BCUT2D eigenvalue weighted by Crippen LogP contribution is 2.23. The molecule has 0 aliphatic carbocycles. The fourth-order valence-corrected chi connectivity index (χ4v) is 3.66. The fraction of sp³-hybridized carbons (Fsp3) is 0.158. The number of carbonyl (C=O) groups is 1. The van der Waals surface area contributed by atoms with E-state index in [0.717, 1.165) is 10.2 Å². The standard InChI is InChI=1S/C19H15N3O4S/c1-4-9-21-15-8-7-14(26-3)11-17(15)27-19(21)20-18(23)13-6-5-12(2)16(10-13)22(24)25/h1,5-8,10-11H,9H2,2-3H3. The second kappa shape index (κ2) is 7.43. The number of nitrogens with zero attached hydrogens (tertiary/aromatic N) is 3. The SMILES string of the molecule is C#CCn1c(=NC(=O)c2ccc(C)c([N+](=O)[O-])c2)sc2cc(OC)ccc21. The number of aromatic nitrogens is 1. The number of hydrogen-bond donors (Lipinski definition) is 0. The van der Waals surface area contributed by atoms with Gasteiger partial charge in [-0.1, -0.05) is 23.3 Å². The van der Waals surface area contributed by atoms with E-state index < -0.39 is 10.8 Å². The average Bonchev–Trinajstić information content (AvgIpc) is 2.98. The Morgan fingerprint density at radius 1 is 1.37 bits per heavy atom. The molecule has 0 unspecified atom stereocenters. The van der Waals surface area contributed by atoms with Gasteiger partial charge in [0.25, 0.3) is 11.6 Å². The molecule has 0 saturated carbocycles. The van der Waals surface area contributed by atoms with E-state index >= 15 is 0 Å². The van der Waals surface area contributed by atoms with Crippen molar-refractivity contribution < 1.29 is 14.5 Å². The van der Waals surface area contributed by atoms with E-state index in [4.69, 9.17) is 11.2 Å². The minimum Gasteiger partial charge on any atom is -0.497 e. The molecule has 0 aliphatic rings. The molecule has 0 saturated heterocycles. The second-order valence-corrected chi connectivity index (χ2v) is 6.69. The van der Waals surface area contributed by atoms with E-state index in [1.807, 2.05) is 12.1 Å². The summed E-state index contributed by atoms with van der Waals surface area (Å²) in [5, 5.41) is 11.1. The summed E-state index contributed by atoms with van der Waals surface area (Å²) in [5.41, 5.74) is 1.34. The van der Waals surface area contributed by atoms with Crippen LogP contribution >= 0.6 is 11.3 Å². The van der Waals surface area contributed by atoms with Crippen molar-refractivity contribution >= 4 is 33.1 Å². The van der Waals surface area contributed by atoms with Crippen molar-refractivity contribution in [1.82, 2.24) is 4.57 Å². The van der Waals surface area contributed by atoms with E-state index in [-0.39, 0.29) is 17.8 Å². The maximum absolute atomic E-state index is 12.6. The van der Waals surface area contributed by atoms with Gasteiger partial charge in [0.15, 0.2) is 4.80 Å². The predicted octanol–water partition coefficient (Wildman–Crippen LogP) is 3.30. The van der Waals surface area contributed by atoms with E-state index in [1.165, 1.54) is 29.5 Å². The van der Waals surface area contributed by atoms with Crippen LogP contribution in [0.4, 0.5) is 5.69 Å². The number of terminal acetylenes is 1. The molecule has 0 atom stereocenters. The summed E-state index contributed by atoms with van der Waals surface area (Å²) >= 11 is 1.30. The third-order valence-corrected chi connectivity index (χ3v) is 5.03. The van der Waals surface area contributed by atoms with E-state index in [9.17, 15) is 14.9 Å². The van der Waals surface area contributed by atoms with Crippen molar-refractivity contribution in [2.24, 2.45) is 4.99 Å². The number of benzene rings is 2. The predicted molar refractivity (Wildman–Crippen MR) is 103 cm³/mol. The number of nitro groups is 1. The molecule has 0 fully saturated rings. The monoisotopic (exact) mass is 381 g/mol. The van der Waals surface area contributed by atoms with Gasteiger partial charge in [0.1, 0.15) is 5.75 Å². The molecule has 8 heteroatoms. The summed E-state index contributed by atoms with van der Waals surface area (Å²) in [6, 6.07) is 9.79. The van der Waals surface area contributed by atoms with E-state index in [2.05, 4.69) is 10.9 Å². The highest BCUT2D eigenvalue weighted by atomic mass is 32.1. The van der Waals surface area contributed by atoms with Gasteiger partial charge in [-0.05, 0) is 31.2 Å². The number of methoxy groups -OCH3 is 1. The van der Waals surface area contributed by atoms with Gasteiger partial charge in [0.2, 0.25) is 0 Å². The summed E-state index contributed by atoms with van der Waals surface area (Å²) in [5.74, 6) is 2.67. The highest BCUT2D eigenvalue weighted by molar-refractivity contribution is 7.16. The van der Waals surface area contributed by atoms with Gasteiger partial charge in [0, 0.05) is 17.2 Å². The zero-order valence-electron chi connectivity index (χ0n) is 14.6. The molecule has 27 heavy (non-hydrogen) atoms. The van der Waals surface area contributed by atoms with Crippen molar-refractivity contribution in [3.63, 3.8) is 0 Å². The van der Waals surface area contributed by atoms with Gasteiger partial charge < -0.3 is 9.30 Å². The zero-order valence-corrected chi connectivity index (χ0v) is 15.4. The molecular formula is C19H15N3O4S. The summed E-state index contributed by atoms with van der Waals surface area (Å²) in [7, 11) is 1.57. The third-order valence-electron chi connectivity index (χ3n) is 3.99. The second-order valence-electron chi connectivity index (χ2n) is 5.68. The quantitative estimate of drug-likeness (QED) is 0.394. The van der Waals surface area contributed by atoms with Crippen molar-refractivity contribution in [1.29, 1.82) is 0 Å². The lowest BCUT2D eigenvalue weighted by Gasteiger charge is -2.02. The average molecular weight is 381 g/mol. The Morgan fingerprint density at radius 2 is 2.15 bits per heavy atom. The molecule has 2 aromatic carbocycles. The van der Waals surface area contributed by atoms with Crippen molar-refractivity contribution in [3.8, 4) is 18.1 Å². The minimum atomic E-state index is -0.567. The van der Waals surface area contributed by atoms with Crippen LogP contribution in [-0.4, -0.2) is 22.5 Å². The number of carbonyl (C=O) groups excluding carboxylic acids is 1. The fourth-order valence-electron chi connectivity index (χ4n) is 2.60. The van der Waals surface area contributed by atoms with Gasteiger partial charge in [-0.15, -0.1) is 6.42 Å². The van der Waals surface area contributed by atoms with Gasteiger partial charge in [-0.25, -0.2) is 0 Å². The van der Waals surface area contributed by atoms with Crippen LogP contribution in [0.25, 0.3) is 10.2 Å². The number of amides is 1. The maximum atomic E-state index is 12.6. The number of aryl methyl sites for hydroxylation is 1. The van der Waals surface area contributed by atoms with Gasteiger partial charge in [-0.3, -0.25) is 14.9 Å². The summed E-state index contributed by atoms with van der Waals surface area (Å²) in [6.07, 6.45) is 5.45. The Bertz CT molecular complexity index is 1170. The van der Waals surface area contributed by atoms with Crippen LogP contribution < -0.4 is 9.54 Å². The number of fused-ring (bicyclic) bond motifs is 1. The van der Waals surface area contributed by atoms with Crippen LogP contribution in [0.2, 0.25) is 0 Å². The first kappa shape index (κ1) is 18.4. The van der Waals surface area contributed by atoms with Crippen LogP contribution in [0.3, 0.4) is 0 Å². The molecule has 1 heterocycles. The number of ether oxygens (including phenoxy) is 1. The molecule has 0 spiro atoms. The zero-order chi connectivity index (χ0) is 19.6. The lowest BCUT2D eigenvalue weighted by Crippen LogP contribution is -2.16. The Labute approximate surface area is 158 Å². The summed E-state index contributed by atoms with van der Waals surface area (Å²) in [4.78, 5) is 27.7. The molecule has 1 amide bonds. The molecule has 0 aliphatic heterocycles. The van der Waals surface area contributed by atoms with Crippen molar-refractivity contribution in [2.75, 3.05) is 7.11 Å². The Hall–Kier alpha value is -3.44. The number of hydrogen-bond acceptors (Lipinski definition) is 5.